The molecule has 24 heavy (non-hydrogen) atoms. The quantitative estimate of drug-likeness (QED) is 0.367. The maximum atomic E-state index is 11.7. The monoisotopic (exact) mass is 326 g/mol. The molecule has 0 aliphatic carbocycles. The topological polar surface area (TPSA) is 81.5 Å². The fourth-order valence-corrected chi connectivity index (χ4v) is 2.02. The Balaban J connectivity index is 1.77. The molecule has 1 amide bonds. The van der Waals surface area contributed by atoms with Crippen molar-refractivity contribution in [1.29, 1.82) is 0 Å². The molecule has 0 atom stereocenters. The second-order valence-corrected chi connectivity index (χ2v) is 5.14. The molecule has 0 saturated heterocycles. The van der Waals surface area contributed by atoms with Gasteiger partial charge >= 0.3 is 0 Å². The minimum atomic E-state index is -0.472. The molecule has 2 rings (SSSR count). The van der Waals surface area contributed by atoms with Crippen LogP contribution < -0.4 is 10.1 Å². The summed E-state index contributed by atoms with van der Waals surface area (Å²) < 4.78 is 5.53. The van der Waals surface area contributed by atoms with Gasteiger partial charge in [0.05, 0.1) is 11.5 Å². The van der Waals surface area contributed by atoms with Crippen LogP contribution in [0.15, 0.2) is 54.6 Å². The first-order valence-electron chi connectivity index (χ1n) is 7.44. The zero-order valence-corrected chi connectivity index (χ0v) is 13.3. The summed E-state index contributed by atoms with van der Waals surface area (Å²) in [6.45, 7) is 2.71. The van der Waals surface area contributed by atoms with Crippen LogP contribution in [0.4, 0.5) is 5.69 Å². The van der Waals surface area contributed by atoms with Crippen LogP contribution in [-0.2, 0) is 4.79 Å². The first-order valence-corrected chi connectivity index (χ1v) is 7.44. The number of hydrogen-bond donors (Lipinski definition) is 1. The molecule has 0 radical (unpaired) electrons. The van der Waals surface area contributed by atoms with Crippen molar-refractivity contribution in [2.24, 2.45) is 0 Å². The van der Waals surface area contributed by atoms with Gasteiger partial charge in [-0.15, -0.1) is 0 Å². The third-order valence-corrected chi connectivity index (χ3v) is 3.17. The van der Waals surface area contributed by atoms with Crippen molar-refractivity contribution in [2.45, 2.75) is 6.92 Å². The summed E-state index contributed by atoms with van der Waals surface area (Å²) in [4.78, 5) is 21.9. The van der Waals surface area contributed by atoms with E-state index >= 15 is 0 Å². The van der Waals surface area contributed by atoms with Gasteiger partial charge in [0.25, 0.3) is 5.69 Å². The lowest BCUT2D eigenvalue weighted by Crippen LogP contribution is -2.26. The molecule has 0 saturated carbocycles. The van der Waals surface area contributed by atoms with Gasteiger partial charge in [0.15, 0.2) is 0 Å². The van der Waals surface area contributed by atoms with Gasteiger partial charge in [-0.1, -0.05) is 24.3 Å². The predicted molar refractivity (Wildman–Crippen MR) is 91.8 cm³/mol. The highest BCUT2D eigenvalue weighted by molar-refractivity contribution is 5.91. The molecule has 0 bridgehead atoms. The van der Waals surface area contributed by atoms with E-state index < -0.39 is 4.92 Å². The number of aryl methyl sites for hydroxylation is 1. The van der Waals surface area contributed by atoms with E-state index in [1.54, 1.807) is 12.1 Å². The van der Waals surface area contributed by atoms with Crippen LogP contribution in [0.3, 0.4) is 0 Å². The van der Waals surface area contributed by atoms with Crippen LogP contribution in [-0.4, -0.2) is 24.0 Å². The van der Waals surface area contributed by atoms with Gasteiger partial charge in [-0.05, 0) is 36.3 Å². The number of carbonyl (C=O) groups excluding carboxylic acids is 1. The summed E-state index contributed by atoms with van der Waals surface area (Å²) in [5.41, 5.74) is 1.69. The molecule has 124 valence electrons. The van der Waals surface area contributed by atoms with E-state index in [1.807, 2.05) is 31.2 Å². The molecule has 6 nitrogen and oxygen atoms in total. The predicted octanol–water partition coefficient (Wildman–Crippen LogP) is 3.11. The number of nitro groups is 1. The van der Waals surface area contributed by atoms with Crippen molar-refractivity contribution in [3.8, 4) is 5.75 Å². The van der Waals surface area contributed by atoms with Gasteiger partial charge in [0.1, 0.15) is 12.4 Å². The van der Waals surface area contributed by atoms with E-state index in [9.17, 15) is 14.9 Å². The van der Waals surface area contributed by atoms with Crippen LogP contribution in [0.2, 0.25) is 0 Å². The molecule has 0 heterocycles. The Morgan fingerprint density at radius 3 is 2.79 bits per heavy atom. The largest absolute Gasteiger partial charge is 0.492 e. The van der Waals surface area contributed by atoms with Gasteiger partial charge in [-0.2, -0.15) is 0 Å². The van der Waals surface area contributed by atoms with Gasteiger partial charge in [-0.25, -0.2) is 0 Å². The fourth-order valence-electron chi connectivity index (χ4n) is 2.02. The number of hydrogen-bond acceptors (Lipinski definition) is 4. The average Bonchev–Trinajstić information content (AvgIpc) is 2.57. The summed E-state index contributed by atoms with van der Waals surface area (Å²) >= 11 is 0. The Labute approximate surface area is 139 Å². The molecule has 0 aliphatic heterocycles. The number of benzene rings is 2. The Kier molecular flexibility index (Phi) is 6.08. The van der Waals surface area contributed by atoms with Crippen LogP contribution in [0.25, 0.3) is 6.08 Å². The SMILES string of the molecule is Cc1cccc(OCCNC(=O)/C=C/c2cccc([N+](=O)[O-])c2)c1. The van der Waals surface area contributed by atoms with Gasteiger partial charge in [0.2, 0.25) is 5.91 Å². The maximum absolute atomic E-state index is 11.7. The molecule has 0 aromatic heterocycles. The van der Waals surface area contributed by atoms with Crippen LogP contribution >= 0.6 is 0 Å². The van der Waals surface area contributed by atoms with Gasteiger partial charge in [0, 0.05) is 18.2 Å². The molecule has 0 aliphatic rings. The van der Waals surface area contributed by atoms with E-state index in [1.165, 1.54) is 24.3 Å². The summed E-state index contributed by atoms with van der Waals surface area (Å²) in [6.07, 6.45) is 2.87. The molecule has 6 heteroatoms. The van der Waals surface area contributed by atoms with E-state index in [0.717, 1.165) is 11.3 Å². The van der Waals surface area contributed by atoms with Crippen molar-refractivity contribution in [1.82, 2.24) is 5.32 Å². The number of nitrogens with zero attached hydrogens (tertiary/aromatic N) is 1. The lowest BCUT2D eigenvalue weighted by atomic mass is 10.2. The second-order valence-electron chi connectivity index (χ2n) is 5.14. The summed E-state index contributed by atoms with van der Waals surface area (Å²) in [6, 6.07) is 13.7. The summed E-state index contributed by atoms with van der Waals surface area (Å²) in [7, 11) is 0. The number of non-ortho nitro benzene ring substituents is 1. The molecule has 0 spiro atoms. The zero-order valence-electron chi connectivity index (χ0n) is 13.3. The number of rotatable bonds is 7. The molecule has 2 aromatic carbocycles. The smallest absolute Gasteiger partial charge is 0.270 e. The minimum Gasteiger partial charge on any atom is -0.492 e. The Hall–Kier alpha value is -3.15. The van der Waals surface area contributed by atoms with E-state index in [-0.39, 0.29) is 11.6 Å². The molecule has 2 aromatic rings. The number of ether oxygens (including phenoxy) is 1. The summed E-state index contributed by atoms with van der Waals surface area (Å²) in [5.74, 6) is 0.478. The first-order chi connectivity index (χ1) is 11.5. The second kappa shape index (κ2) is 8.47. The van der Waals surface area contributed by atoms with Crippen LogP contribution in [0.1, 0.15) is 11.1 Å². The van der Waals surface area contributed by atoms with Crippen molar-refractivity contribution in [3.05, 3.63) is 75.8 Å². The lowest BCUT2D eigenvalue weighted by molar-refractivity contribution is -0.384. The van der Waals surface area contributed by atoms with Crippen molar-refractivity contribution >= 4 is 17.7 Å². The Morgan fingerprint density at radius 2 is 2.04 bits per heavy atom. The fraction of sp³-hybridized carbons (Fsp3) is 0.167. The van der Waals surface area contributed by atoms with Crippen molar-refractivity contribution in [2.75, 3.05) is 13.2 Å². The molecular weight excluding hydrogens is 308 g/mol. The van der Waals surface area contributed by atoms with Crippen molar-refractivity contribution in [3.63, 3.8) is 0 Å². The Morgan fingerprint density at radius 1 is 1.25 bits per heavy atom. The number of amides is 1. The summed E-state index contributed by atoms with van der Waals surface area (Å²) in [5, 5.41) is 13.4. The molecular formula is C18H18N2O4. The van der Waals surface area contributed by atoms with E-state index in [2.05, 4.69) is 5.32 Å². The van der Waals surface area contributed by atoms with Gasteiger partial charge in [-0.3, -0.25) is 14.9 Å². The van der Waals surface area contributed by atoms with Gasteiger partial charge < -0.3 is 10.1 Å². The standard InChI is InChI=1S/C18H18N2O4/c1-14-4-2-7-17(12-14)24-11-10-19-18(21)9-8-15-5-3-6-16(13-15)20(22)23/h2-9,12-13H,10-11H2,1H3,(H,19,21)/b9-8+. The molecule has 0 fully saturated rings. The highest BCUT2D eigenvalue weighted by atomic mass is 16.6. The van der Waals surface area contributed by atoms with E-state index in [4.69, 9.17) is 4.74 Å². The first kappa shape index (κ1) is 17.2. The Bertz CT molecular complexity index is 756. The maximum Gasteiger partial charge on any atom is 0.270 e. The average molecular weight is 326 g/mol. The highest BCUT2D eigenvalue weighted by Crippen LogP contribution is 2.14. The molecule has 0 unspecified atom stereocenters. The highest BCUT2D eigenvalue weighted by Gasteiger charge is 2.04. The third-order valence-electron chi connectivity index (χ3n) is 3.17. The lowest BCUT2D eigenvalue weighted by Gasteiger charge is -2.07. The zero-order chi connectivity index (χ0) is 17.4. The normalized spacial score (nSPS) is 10.5. The minimum absolute atomic E-state index is 0.0101. The number of carbonyl (C=O) groups is 1. The van der Waals surface area contributed by atoms with Crippen molar-refractivity contribution < 1.29 is 14.5 Å². The number of nitrogens with one attached hydrogen (secondary N) is 1. The van der Waals surface area contributed by atoms with E-state index in [0.29, 0.717) is 18.7 Å². The van der Waals surface area contributed by atoms with Crippen LogP contribution in [0.5, 0.6) is 5.75 Å². The van der Waals surface area contributed by atoms with Crippen LogP contribution in [0, 0.1) is 17.0 Å². The third kappa shape index (κ3) is 5.57. The number of nitro benzene ring substituents is 1. The molecule has 1 N–H and O–H groups in total.